The van der Waals surface area contributed by atoms with Crippen molar-refractivity contribution in [2.24, 2.45) is 0 Å². The molecule has 0 aliphatic heterocycles. The maximum atomic E-state index is 13.3. The molecule has 0 bridgehead atoms. The smallest absolute Gasteiger partial charge is 0.230 e. The number of aromatic nitrogens is 3. The van der Waals surface area contributed by atoms with Gasteiger partial charge in [0.1, 0.15) is 5.82 Å². The molecule has 0 spiro atoms. The van der Waals surface area contributed by atoms with Crippen LogP contribution in [0.5, 0.6) is 0 Å². The van der Waals surface area contributed by atoms with E-state index >= 15 is 0 Å². The van der Waals surface area contributed by atoms with Crippen LogP contribution >= 0.6 is 11.8 Å². The summed E-state index contributed by atoms with van der Waals surface area (Å²) in [4.78, 5) is 13.9. The zero-order chi connectivity index (χ0) is 18.6. The molecule has 2 rings (SSSR count). The Hall–Kier alpha value is -1.93. The number of halogens is 1. The molecule has 136 valence electrons. The Labute approximate surface area is 151 Å². The molecule has 1 aromatic heterocycles. The predicted octanol–water partition coefficient (Wildman–Crippen LogP) is 2.65. The van der Waals surface area contributed by atoms with Gasteiger partial charge >= 0.3 is 0 Å². The Morgan fingerprint density at radius 1 is 1.24 bits per heavy atom. The number of carbonyl (C=O) groups is 1. The molecule has 0 saturated carbocycles. The van der Waals surface area contributed by atoms with E-state index in [1.165, 1.54) is 23.9 Å². The van der Waals surface area contributed by atoms with E-state index in [1.54, 1.807) is 12.1 Å². The van der Waals surface area contributed by atoms with Gasteiger partial charge in [-0.25, -0.2) is 4.39 Å². The highest BCUT2D eigenvalue weighted by molar-refractivity contribution is 7.99. The standard InChI is InChI=1S/C17H24FN5OS/c1-11(2)19-15(24)10-25-17-21-20-16(12(3)22(4)5)23(17)14-8-6-13(18)7-9-14/h6-9,11-12H,10H2,1-5H3,(H,19,24). The molecule has 8 heteroatoms. The van der Waals surface area contributed by atoms with Crippen molar-refractivity contribution in [3.8, 4) is 5.69 Å². The molecule has 1 unspecified atom stereocenters. The van der Waals surface area contributed by atoms with Gasteiger partial charge in [-0.2, -0.15) is 0 Å². The first-order valence-electron chi connectivity index (χ1n) is 8.09. The number of carbonyl (C=O) groups excluding carboxylic acids is 1. The third-order valence-corrected chi connectivity index (χ3v) is 4.60. The Morgan fingerprint density at radius 2 is 1.88 bits per heavy atom. The van der Waals surface area contributed by atoms with Crippen LogP contribution in [0.2, 0.25) is 0 Å². The van der Waals surface area contributed by atoms with Gasteiger partial charge in [-0.1, -0.05) is 11.8 Å². The Kier molecular flexibility index (Phi) is 6.55. The van der Waals surface area contributed by atoms with Gasteiger partial charge in [0, 0.05) is 11.7 Å². The molecule has 0 saturated heterocycles. The SMILES string of the molecule is CC(C)NC(=O)CSc1nnc(C(C)N(C)C)n1-c1ccc(F)cc1. The van der Waals surface area contributed by atoms with Gasteiger partial charge in [0.2, 0.25) is 5.91 Å². The molecule has 0 radical (unpaired) electrons. The highest BCUT2D eigenvalue weighted by Crippen LogP contribution is 2.26. The maximum Gasteiger partial charge on any atom is 0.230 e. The molecule has 0 aliphatic carbocycles. The van der Waals surface area contributed by atoms with Gasteiger partial charge in [0.05, 0.1) is 11.8 Å². The number of nitrogens with zero attached hydrogens (tertiary/aromatic N) is 4. The Balaban J connectivity index is 2.33. The zero-order valence-electron chi connectivity index (χ0n) is 15.2. The Bertz CT molecular complexity index is 714. The van der Waals surface area contributed by atoms with Gasteiger partial charge in [-0.05, 0) is 59.1 Å². The van der Waals surface area contributed by atoms with E-state index in [4.69, 9.17) is 0 Å². The van der Waals surface area contributed by atoms with Crippen molar-refractivity contribution in [3.05, 3.63) is 35.9 Å². The molecular weight excluding hydrogens is 341 g/mol. The molecule has 1 heterocycles. The van der Waals surface area contributed by atoms with Crippen LogP contribution < -0.4 is 5.32 Å². The fourth-order valence-corrected chi connectivity index (χ4v) is 2.97. The molecule has 6 nitrogen and oxygen atoms in total. The van der Waals surface area contributed by atoms with Crippen LogP contribution in [0, 0.1) is 5.82 Å². The summed E-state index contributed by atoms with van der Waals surface area (Å²) in [5.41, 5.74) is 0.766. The average molecular weight is 365 g/mol. The van der Waals surface area contributed by atoms with E-state index in [0.717, 1.165) is 11.5 Å². The summed E-state index contributed by atoms with van der Waals surface area (Å²) >= 11 is 1.31. The number of benzene rings is 1. The van der Waals surface area contributed by atoms with E-state index in [0.29, 0.717) is 5.16 Å². The number of amides is 1. The fraction of sp³-hybridized carbons (Fsp3) is 0.471. The molecule has 0 aliphatic rings. The van der Waals surface area contributed by atoms with E-state index in [9.17, 15) is 9.18 Å². The largest absolute Gasteiger partial charge is 0.353 e. The molecule has 25 heavy (non-hydrogen) atoms. The second-order valence-electron chi connectivity index (χ2n) is 6.30. The van der Waals surface area contributed by atoms with Gasteiger partial charge in [-0.15, -0.1) is 10.2 Å². The summed E-state index contributed by atoms with van der Waals surface area (Å²) in [5, 5.41) is 12.0. The minimum Gasteiger partial charge on any atom is -0.353 e. The van der Waals surface area contributed by atoms with Crippen molar-refractivity contribution in [1.82, 2.24) is 25.0 Å². The summed E-state index contributed by atoms with van der Waals surface area (Å²) < 4.78 is 15.2. The van der Waals surface area contributed by atoms with Gasteiger partial charge in [0.15, 0.2) is 11.0 Å². The first kappa shape index (κ1) is 19.4. The van der Waals surface area contributed by atoms with Crippen molar-refractivity contribution < 1.29 is 9.18 Å². The molecule has 1 atom stereocenters. The summed E-state index contributed by atoms with van der Waals surface area (Å²) in [7, 11) is 3.91. The number of nitrogens with one attached hydrogen (secondary N) is 1. The van der Waals surface area contributed by atoms with E-state index < -0.39 is 0 Å². The fourth-order valence-electron chi connectivity index (χ4n) is 2.20. The second kappa shape index (κ2) is 8.44. The van der Waals surface area contributed by atoms with Crippen molar-refractivity contribution in [1.29, 1.82) is 0 Å². The lowest BCUT2D eigenvalue weighted by Gasteiger charge is -2.20. The predicted molar refractivity (Wildman–Crippen MR) is 97.4 cm³/mol. The van der Waals surface area contributed by atoms with Crippen molar-refractivity contribution in [2.75, 3.05) is 19.8 Å². The van der Waals surface area contributed by atoms with Crippen LogP contribution in [-0.2, 0) is 4.79 Å². The molecule has 0 fully saturated rings. The van der Waals surface area contributed by atoms with Crippen LogP contribution in [0.1, 0.15) is 32.6 Å². The van der Waals surface area contributed by atoms with E-state index in [1.807, 2.05) is 44.3 Å². The summed E-state index contributed by atoms with van der Waals surface area (Å²) in [6.07, 6.45) is 0. The van der Waals surface area contributed by atoms with E-state index in [2.05, 4.69) is 15.5 Å². The lowest BCUT2D eigenvalue weighted by atomic mass is 10.2. The van der Waals surface area contributed by atoms with Crippen molar-refractivity contribution in [3.63, 3.8) is 0 Å². The third kappa shape index (κ3) is 5.02. The summed E-state index contributed by atoms with van der Waals surface area (Å²) in [5.74, 6) is 0.622. The third-order valence-electron chi connectivity index (χ3n) is 3.67. The molecular formula is C17H24FN5OS. The normalized spacial score (nSPS) is 12.6. The van der Waals surface area contributed by atoms with Crippen LogP contribution in [0.25, 0.3) is 5.69 Å². The first-order valence-corrected chi connectivity index (χ1v) is 9.08. The highest BCUT2D eigenvalue weighted by atomic mass is 32.2. The lowest BCUT2D eigenvalue weighted by molar-refractivity contribution is -0.119. The van der Waals surface area contributed by atoms with Gasteiger partial charge in [0.25, 0.3) is 0 Å². The number of thioether (sulfide) groups is 1. The van der Waals surface area contributed by atoms with Crippen LogP contribution in [0.15, 0.2) is 29.4 Å². The monoisotopic (exact) mass is 365 g/mol. The van der Waals surface area contributed by atoms with E-state index in [-0.39, 0.29) is 29.6 Å². The van der Waals surface area contributed by atoms with Crippen LogP contribution in [0.4, 0.5) is 4.39 Å². The molecule has 1 amide bonds. The van der Waals surface area contributed by atoms with Crippen molar-refractivity contribution >= 4 is 17.7 Å². The number of hydrogen-bond donors (Lipinski definition) is 1. The first-order chi connectivity index (χ1) is 11.8. The second-order valence-corrected chi connectivity index (χ2v) is 7.25. The average Bonchev–Trinajstić information content (AvgIpc) is 2.96. The molecule has 2 aromatic rings. The van der Waals surface area contributed by atoms with Gasteiger partial charge < -0.3 is 5.32 Å². The maximum absolute atomic E-state index is 13.3. The quantitative estimate of drug-likeness (QED) is 0.764. The van der Waals surface area contributed by atoms with Crippen LogP contribution in [-0.4, -0.2) is 51.5 Å². The van der Waals surface area contributed by atoms with Crippen molar-refractivity contribution in [2.45, 2.75) is 38.0 Å². The molecule has 1 N–H and O–H groups in total. The number of rotatable bonds is 7. The lowest BCUT2D eigenvalue weighted by Crippen LogP contribution is -2.31. The minimum atomic E-state index is -0.301. The minimum absolute atomic E-state index is 0.0105. The topological polar surface area (TPSA) is 63.1 Å². The Morgan fingerprint density at radius 3 is 2.44 bits per heavy atom. The summed E-state index contributed by atoms with van der Waals surface area (Å²) in [6.45, 7) is 5.85. The zero-order valence-corrected chi connectivity index (χ0v) is 16.0. The summed E-state index contributed by atoms with van der Waals surface area (Å²) in [6, 6.07) is 6.27. The molecule has 1 aromatic carbocycles. The van der Waals surface area contributed by atoms with Crippen LogP contribution in [0.3, 0.4) is 0 Å². The van der Waals surface area contributed by atoms with Gasteiger partial charge in [-0.3, -0.25) is 14.3 Å². The number of hydrogen-bond acceptors (Lipinski definition) is 5. The highest BCUT2D eigenvalue weighted by Gasteiger charge is 2.21.